The predicted molar refractivity (Wildman–Crippen MR) is 107 cm³/mol. The molecular formula is C18H18N6OS2. The van der Waals surface area contributed by atoms with Gasteiger partial charge in [0.15, 0.2) is 5.82 Å². The van der Waals surface area contributed by atoms with E-state index in [2.05, 4.69) is 32.2 Å². The number of aromatic amines is 1. The fourth-order valence-corrected chi connectivity index (χ4v) is 4.29. The largest absolute Gasteiger partial charge is 0.275 e. The summed E-state index contributed by atoms with van der Waals surface area (Å²) in [6.07, 6.45) is 1.85. The molecule has 0 atom stereocenters. The Labute approximate surface area is 163 Å². The lowest BCUT2D eigenvalue weighted by Crippen LogP contribution is -2.15. The molecular weight excluding hydrogens is 380 g/mol. The summed E-state index contributed by atoms with van der Waals surface area (Å²) in [4.78, 5) is 22.0. The molecule has 0 saturated carbocycles. The summed E-state index contributed by atoms with van der Waals surface area (Å²) >= 11 is 2.92. The summed E-state index contributed by atoms with van der Waals surface area (Å²) in [6, 6.07) is 9.64. The van der Waals surface area contributed by atoms with E-state index < -0.39 is 0 Å². The van der Waals surface area contributed by atoms with E-state index in [4.69, 9.17) is 0 Å². The molecule has 7 nitrogen and oxygen atoms in total. The molecule has 0 aliphatic heterocycles. The number of nitrogens with one attached hydrogen (secondary N) is 1. The molecule has 3 aromatic heterocycles. The van der Waals surface area contributed by atoms with Gasteiger partial charge in [-0.2, -0.15) is 9.61 Å². The molecule has 0 spiro atoms. The van der Waals surface area contributed by atoms with Gasteiger partial charge in [-0.05, 0) is 13.3 Å². The van der Waals surface area contributed by atoms with Crippen LogP contribution < -0.4 is 5.56 Å². The zero-order valence-electron chi connectivity index (χ0n) is 15.0. The SMILES string of the molecule is CCCc1nn2c(=O)cc(CSc3n[nH]c(-c4ccc(C)cc4)n3)nc2s1. The highest BCUT2D eigenvalue weighted by atomic mass is 32.2. The Hall–Kier alpha value is -2.52. The number of fused-ring (bicyclic) bond motifs is 1. The fourth-order valence-electron chi connectivity index (χ4n) is 2.57. The van der Waals surface area contributed by atoms with Gasteiger partial charge in [0.2, 0.25) is 10.1 Å². The number of H-pyrrole nitrogens is 1. The second-order valence-electron chi connectivity index (χ2n) is 6.15. The molecule has 0 saturated heterocycles. The van der Waals surface area contributed by atoms with Gasteiger partial charge in [0.1, 0.15) is 5.01 Å². The van der Waals surface area contributed by atoms with E-state index in [-0.39, 0.29) is 5.56 Å². The Morgan fingerprint density at radius 1 is 1.22 bits per heavy atom. The van der Waals surface area contributed by atoms with Gasteiger partial charge in [-0.25, -0.2) is 9.97 Å². The van der Waals surface area contributed by atoms with Crippen molar-refractivity contribution in [3.05, 3.63) is 57.0 Å². The molecule has 1 N–H and O–H groups in total. The Balaban J connectivity index is 1.50. The highest BCUT2D eigenvalue weighted by molar-refractivity contribution is 7.98. The number of hydrogen-bond acceptors (Lipinski definition) is 7. The molecule has 0 amide bonds. The molecule has 3 heterocycles. The molecule has 0 radical (unpaired) electrons. The Kier molecular flexibility index (Phi) is 5.04. The van der Waals surface area contributed by atoms with Crippen molar-refractivity contribution in [3.8, 4) is 11.4 Å². The number of aromatic nitrogens is 6. The summed E-state index contributed by atoms with van der Waals surface area (Å²) in [6.45, 7) is 4.14. The molecule has 27 heavy (non-hydrogen) atoms. The van der Waals surface area contributed by atoms with E-state index >= 15 is 0 Å². The van der Waals surface area contributed by atoms with Gasteiger partial charge in [0.05, 0.1) is 5.69 Å². The third kappa shape index (κ3) is 3.93. The van der Waals surface area contributed by atoms with Crippen molar-refractivity contribution in [2.24, 2.45) is 0 Å². The second-order valence-corrected chi connectivity index (χ2v) is 8.13. The van der Waals surface area contributed by atoms with Crippen molar-refractivity contribution in [2.75, 3.05) is 0 Å². The number of aryl methyl sites for hydroxylation is 2. The summed E-state index contributed by atoms with van der Waals surface area (Å²) in [5, 5.41) is 13.1. The van der Waals surface area contributed by atoms with E-state index in [9.17, 15) is 4.79 Å². The maximum absolute atomic E-state index is 12.3. The van der Waals surface area contributed by atoms with Crippen LogP contribution in [-0.2, 0) is 12.2 Å². The van der Waals surface area contributed by atoms with Crippen LogP contribution in [0.5, 0.6) is 0 Å². The molecule has 0 aliphatic rings. The topological polar surface area (TPSA) is 88.8 Å². The lowest BCUT2D eigenvalue weighted by atomic mass is 10.1. The fraction of sp³-hybridized carbons (Fsp3) is 0.278. The van der Waals surface area contributed by atoms with Gasteiger partial charge in [0, 0.05) is 23.8 Å². The van der Waals surface area contributed by atoms with Crippen LogP contribution in [-0.4, -0.2) is 29.8 Å². The first kappa shape index (κ1) is 17.9. The van der Waals surface area contributed by atoms with Gasteiger partial charge < -0.3 is 0 Å². The average Bonchev–Trinajstić information content (AvgIpc) is 3.28. The normalized spacial score (nSPS) is 11.3. The van der Waals surface area contributed by atoms with E-state index in [1.807, 2.05) is 31.2 Å². The molecule has 0 aliphatic carbocycles. The van der Waals surface area contributed by atoms with Crippen LogP contribution in [0.2, 0.25) is 0 Å². The maximum Gasteiger partial charge on any atom is 0.275 e. The van der Waals surface area contributed by atoms with Crippen molar-refractivity contribution >= 4 is 28.1 Å². The van der Waals surface area contributed by atoms with Crippen LogP contribution in [0.25, 0.3) is 16.3 Å². The molecule has 4 rings (SSSR count). The Bertz CT molecular complexity index is 1130. The highest BCUT2D eigenvalue weighted by Gasteiger charge is 2.11. The van der Waals surface area contributed by atoms with Crippen LogP contribution in [0, 0.1) is 6.92 Å². The minimum absolute atomic E-state index is 0.149. The minimum Gasteiger partial charge on any atom is -0.267 e. The Morgan fingerprint density at radius 2 is 2.04 bits per heavy atom. The van der Waals surface area contributed by atoms with E-state index in [1.165, 1.54) is 39.2 Å². The molecule has 138 valence electrons. The van der Waals surface area contributed by atoms with Gasteiger partial charge in [-0.3, -0.25) is 9.89 Å². The quantitative estimate of drug-likeness (QED) is 0.500. The smallest absolute Gasteiger partial charge is 0.267 e. The lowest BCUT2D eigenvalue weighted by Gasteiger charge is -1.98. The monoisotopic (exact) mass is 398 g/mol. The third-order valence-electron chi connectivity index (χ3n) is 3.94. The highest BCUT2D eigenvalue weighted by Crippen LogP contribution is 2.22. The van der Waals surface area contributed by atoms with Crippen molar-refractivity contribution in [1.29, 1.82) is 0 Å². The van der Waals surface area contributed by atoms with Crippen LogP contribution in [0.3, 0.4) is 0 Å². The number of hydrogen-bond donors (Lipinski definition) is 1. The second kappa shape index (κ2) is 7.61. The first-order valence-corrected chi connectivity index (χ1v) is 10.4. The van der Waals surface area contributed by atoms with Gasteiger partial charge in [-0.15, -0.1) is 5.10 Å². The molecule has 0 fully saturated rings. The average molecular weight is 399 g/mol. The minimum atomic E-state index is -0.149. The van der Waals surface area contributed by atoms with Crippen molar-refractivity contribution in [2.45, 2.75) is 37.6 Å². The van der Waals surface area contributed by atoms with Crippen LogP contribution >= 0.6 is 23.1 Å². The van der Waals surface area contributed by atoms with E-state index in [0.717, 1.165) is 29.2 Å². The molecule has 4 aromatic rings. The first-order chi connectivity index (χ1) is 13.1. The lowest BCUT2D eigenvalue weighted by molar-refractivity contribution is 0.818. The summed E-state index contributed by atoms with van der Waals surface area (Å²) in [5.41, 5.74) is 2.75. The summed E-state index contributed by atoms with van der Waals surface area (Å²) < 4.78 is 1.38. The predicted octanol–water partition coefficient (Wildman–Crippen LogP) is 3.49. The summed E-state index contributed by atoms with van der Waals surface area (Å²) in [5.74, 6) is 1.26. The van der Waals surface area contributed by atoms with Crippen molar-refractivity contribution < 1.29 is 0 Å². The maximum atomic E-state index is 12.3. The molecule has 0 bridgehead atoms. The molecule has 0 unspecified atom stereocenters. The van der Waals surface area contributed by atoms with Crippen LogP contribution in [0.15, 0.2) is 40.3 Å². The molecule has 9 heteroatoms. The number of thioether (sulfide) groups is 1. The standard InChI is InChI=1S/C18H18N6OS2/c1-3-4-14-23-24-15(25)9-13(19-18(24)27-14)10-26-17-20-16(21-22-17)12-7-5-11(2)6-8-12/h5-9H,3-4,10H2,1-2H3,(H,20,21,22). The zero-order chi connectivity index (χ0) is 18.8. The van der Waals surface area contributed by atoms with E-state index in [0.29, 0.717) is 21.6 Å². The summed E-state index contributed by atoms with van der Waals surface area (Å²) in [7, 11) is 0. The first-order valence-electron chi connectivity index (χ1n) is 8.63. The van der Waals surface area contributed by atoms with E-state index in [1.54, 1.807) is 0 Å². The third-order valence-corrected chi connectivity index (χ3v) is 5.79. The number of benzene rings is 1. The van der Waals surface area contributed by atoms with Crippen LogP contribution in [0.1, 0.15) is 29.6 Å². The van der Waals surface area contributed by atoms with Gasteiger partial charge in [0.25, 0.3) is 5.56 Å². The van der Waals surface area contributed by atoms with Crippen molar-refractivity contribution in [1.82, 2.24) is 29.8 Å². The van der Waals surface area contributed by atoms with Gasteiger partial charge >= 0.3 is 0 Å². The van der Waals surface area contributed by atoms with Crippen molar-refractivity contribution in [3.63, 3.8) is 0 Å². The van der Waals surface area contributed by atoms with Crippen LogP contribution in [0.4, 0.5) is 0 Å². The Morgan fingerprint density at radius 3 is 2.81 bits per heavy atom. The number of rotatable bonds is 6. The number of nitrogens with zero attached hydrogens (tertiary/aromatic N) is 5. The van der Waals surface area contributed by atoms with Gasteiger partial charge in [-0.1, -0.05) is 59.9 Å². The zero-order valence-corrected chi connectivity index (χ0v) is 16.6. The molecule has 1 aromatic carbocycles.